The summed E-state index contributed by atoms with van der Waals surface area (Å²) in [5.74, 6) is 0.895. The molecule has 0 atom stereocenters. The van der Waals surface area contributed by atoms with E-state index in [4.69, 9.17) is 4.74 Å². The minimum Gasteiger partial charge on any atom is -0.439 e. The minimum absolute atomic E-state index is 0.307. The Morgan fingerprint density at radius 3 is 2.97 bits per heavy atom. The van der Waals surface area contributed by atoms with Crippen LogP contribution in [0, 0.1) is 12.7 Å². The van der Waals surface area contributed by atoms with Gasteiger partial charge in [0.15, 0.2) is 0 Å². The van der Waals surface area contributed by atoms with Crippen molar-refractivity contribution in [1.29, 1.82) is 0 Å². The molecule has 1 amide bonds. The van der Waals surface area contributed by atoms with Crippen molar-refractivity contribution < 1.29 is 13.9 Å². The van der Waals surface area contributed by atoms with Crippen LogP contribution in [0.3, 0.4) is 0 Å². The van der Waals surface area contributed by atoms with Crippen LogP contribution in [-0.4, -0.2) is 27.1 Å². The van der Waals surface area contributed by atoms with Gasteiger partial charge in [0, 0.05) is 29.4 Å². The van der Waals surface area contributed by atoms with Crippen LogP contribution in [0.1, 0.15) is 16.8 Å². The maximum absolute atomic E-state index is 13.5. The Bertz CT molecular complexity index is 1300. The molecule has 0 spiro atoms. The molecule has 1 aliphatic heterocycles. The molecule has 0 saturated carbocycles. The molecule has 0 saturated heterocycles. The lowest BCUT2D eigenvalue weighted by molar-refractivity contribution is 0.254. The molecule has 5 rings (SSSR count). The van der Waals surface area contributed by atoms with E-state index >= 15 is 0 Å². The Morgan fingerprint density at radius 2 is 2.10 bits per heavy atom. The van der Waals surface area contributed by atoms with Crippen molar-refractivity contribution in [2.24, 2.45) is 0 Å². The zero-order valence-corrected chi connectivity index (χ0v) is 16.9. The van der Waals surface area contributed by atoms with Crippen LogP contribution in [0.5, 0.6) is 11.6 Å². The number of anilines is 1. The summed E-state index contributed by atoms with van der Waals surface area (Å²) in [6.07, 6.45) is 4.02. The molecule has 3 heterocycles. The third kappa shape index (κ3) is 3.73. The van der Waals surface area contributed by atoms with Gasteiger partial charge in [-0.15, -0.1) is 0 Å². The first-order chi connectivity index (χ1) is 15.1. The number of benzene rings is 2. The highest BCUT2D eigenvalue weighted by molar-refractivity contribution is 5.98. The fourth-order valence-corrected chi connectivity index (χ4v) is 3.72. The second kappa shape index (κ2) is 7.81. The number of carbonyl (C=O) groups is 1. The van der Waals surface area contributed by atoms with E-state index < -0.39 is 0 Å². The van der Waals surface area contributed by atoms with E-state index in [0.29, 0.717) is 29.4 Å². The summed E-state index contributed by atoms with van der Waals surface area (Å²) >= 11 is 0. The van der Waals surface area contributed by atoms with Crippen LogP contribution >= 0.6 is 0 Å². The van der Waals surface area contributed by atoms with Gasteiger partial charge in [0.05, 0.1) is 11.2 Å². The number of rotatable bonds is 3. The van der Waals surface area contributed by atoms with Crippen LogP contribution in [0.2, 0.25) is 0 Å². The second-order valence-corrected chi connectivity index (χ2v) is 7.43. The number of hydrogen-bond acceptors (Lipinski definition) is 5. The van der Waals surface area contributed by atoms with Gasteiger partial charge >= 0.3 is 6.03 Å². The summed E-state index contributed by atoms with van der Waals surface area (Å²) in [7, 11) is 0. The van der Waals surface area contributed by atoms with Crippen molar-refractivity contribution >= 4 is 22.6 Å². The molecular formula is C23H20FN5O2. The minimum atomic E-state index is -0.327. The normalized spacial score (nSPS) is 13.1. The number of nitrogens with one attached hydrogen (secondary N) is 2. The van der Waals surface area contributed by atoms with Gasteiger partial charge < -0.3 is 15.4 Å². The van der Waals surface area contributed by atoms with E-state index in [1.54, 1.807) is 19.2 Å². The molecule has 4 aromatic rings. The molecule has 0 bridgehead atoms. The Labute approximate surface area is 177 Å². The number of halogens is 1. The second-order valence-electron chi connectivity index (χ2n) is 7.43. The molecule has 0 unspecified atom stereocenters. The summed E-state index contributed by atoms with van der Waals surface area (Å²) in [4.78, 5) is 21.3. The smallest absolute Gasteiger partial charge is 0.330 e. The van der Waals surface area contributed by atoms with E-state index in [1.807, 2.05) is 24.3 Å². The standard InChI is InChI=1S/C23H20FN5O2/c1-14-10-16(2-4-19(14)24)28-23(30)29-9-7-15-11-17(3-5-21(15)29)31-22-18-6-8-25-12-20(18)26-13-27-22/h2-5,7,9-11,13,25H,6,8,12H2,1H3,(H,28,30). The number of ether oxygens (including phenoxy) is 1. The molecule has 156 valence electrons. The van der Waals surface area contributed by atoms with E-state index in [1.165, 1.54) is 23.0 Å². The van der Waals surface area contributed by atoms with Crippen molar-refractivity contribution in [3.63, 3.8) is 0 Å². The monoisotopic (exact) mass is 417 g/mol. The summed E-state index contributed by atoms with van der Waals surface area (Å²) in [5, 5.41) is 6.94. The number of aromatic nitrogens is 3. The van der Waals surface area contributed by atoms with Crippen molar-refractivity contribution in [1.82, 2.24) is 19.9 Å². The van der Waals surface area contributed by atoms with Crippen LogP contribution < -0.4 is 15.4 Å². The Kier molecular flexibility index (Phi) is 4.83. The van der Waals surface area contributed by atoms with E-state index in [9.17, 15) is 9.18 Å². The van der Waals surface area contributed by atoms with Gasteiger partial charge in [0.1, 0.15) is 17.9 Å². The molecule has 0 fully saturated rings. The number of carbonyl (C=O) groups excluding carboxylic acids is 1. The van der Waals surface area contributed by atoms with Crippen molar-refractivity contribution in [3.05, 3.63) is 77.6 Å². The topological polar surface area (TPSA) is 81.1 Å². The van der Waals surface area contributed by atoms with Gasteiger partial charge in [-0.25, -0.2) is 19.2 Å². The maximum Gasteiger partial charge on any atom is 0.330 e. The predicted molar refractivity (Wildman–Crippen MR) is 115 cm³/mol. The number of aryl methyl sites for hydroxylation is 1. The molecule has 1 aliphatic rings. The molecule has 8 heteroatoms. The van der Waals surface area contributed by atoms with Gasteiger partial charge in [-0.05, 0) is 67.9 Å². The lowest BCUT2D eigenvalue weighted by Crippen LogP contribution is -2.25. The van der Waals surface area contributed by atoms with Crippen molar-refractivity contribution in [2.75, 3.05) is 11.9 Å². The zero-order valence-electron chi connectivity index (χ0n) is 16.9. The fraction of sp³-hybridized carbons (Fsp3) is 0.174. The van der Waals surface area contributed by atoms with Gasteiger partial charge in [-0.1, -0.05) is 0 Å². The first-order valence-corrected chi connectivity index (χ1v) is 9.98. The van der Waals surface area contributed by atoms with Crippen LogP contribution in [0.25, 0.3) is 10.9 Å². The van der Waals surface area contributed by atoms with Gasteiger partial charge in [0.25, 0.3) is 0 Å². The van der Waals surface area contributed by atoms with Gasteiger partial charge in [-0.3, -0.25) is 4.57 Å². The zero-order chi connectivity index (χ0) is 21.4. The lowest BCUT2D eigenvalue weighted by atomic mass is 10.1. The summed E-state index contributed by atoms with van der Waals surface area (Å²) < 4.78 is 21.0. The Hall–Kier alpha value is -3.78. The number of hydrogen-bond donors (Lipinski definition) is 2. The molecule has 0 radical (unpaired) electrons. The lowest BCUT2D eigenvalue weighted by Gasteiger charge is -2.18. The number of nitrogens with zero attached hydrogens (tertiary/aromatic N) is 3. The number of amides is 1. The summed E-state index contributed by atoms with van der Waals surface area (Å²) in [5.41, 5.74) is 3.72. The summed E-state index contributed by atoms with van der Waals surface area (Å²) in [6.45, 7) is 3.23. The van der Waals surface area contributed by atoms with Gasteiger partial charge in [0.2, 0.25) is 5.88 Å². The molecule has 2 aromatic carbocycles. The van der Waals surface area contributed by atoms with Crippen molar-refractivity contribution in [2.45, 2.75) is 19.9 Å². The third-order valence-corrected chi connectivity index (χ3v) is 5.34. The Balaban J connectivity index is 1.39. The average Bonchev–Trinajstić information content (AvgIpc) is 3.20. The van der Waals surface area contributed by atoms with Gasteiger partial charge in [-0.2, -0.15) is 0 Å². The largest absolute Gasteiger partial charge is 0.439 e. The first-order valence-electron chi connectivity index (χ1n) is 9.98. The highest BCUT2D eigenvalue weighted by Gasteiger charge is 2.17. The van der Waals surface area contributed by atoms with E-state index in [-0.39, 0.29) is 11.8 Å². The first kappa shape index (κ1) is 19.2. The molecule has 2 aromatic heterocycles. The van der Waals surface area contributed by atoms with E-state index in [0.717, 1.165) is 35.1 Å². The Morgan fingerprint density at radius 1 is 1.19 bits per heavy atom. The highest BCUT2D eigenvalue weighted by atomic mass is 19.1. The van der Waals surface area contributed by atoms with Crippen LogP contribution in [0.15, 0.2) is 55.0 Å². The quantitative estimate of drug-likeness (QED) is 0.517. The predicted octanol–water partition coefficient (Wildman–Crippen LogP) is 4.40. The molecule has 0 aliphatic carbocycles. The van der Waals surface area contributed by atoms with Crippen LogP contribution in [0.4, 0.5) is 14.9 Å². The molecule has 7 nitrogen and oxygen atoms in total. The maximum atomic E-state index is 13.5. The van der Waals surface area contributed by atoms with E-state index in [2.05, 4.69) is 20.6 Å². The average molecular weight is 417 g/mol. The highest BCUT2D eigenvalue weighted by Crippen LogP contribution is 2.29. The summed E-state index contributed by atoms with van der Waals surface area (Å²) in [6, 6.07) is 11.5. The fourth-order valence-electron chi connectivity index (χ4n) is 3.72. The molecule has 2 N–H and O–H groups in total. The van der Waals surface area contributed by atoms with Crippen molar-refractivity contribution in [3.8, 4) is 11.6 Å². The molecular weight excluding hydrogens is 397 g/mol. The SMILES string of the molecule is Cc1cc(NC(=O)n2ccc3cc(Oc4ncnc5c4CCNC5)ccc32)ccc1F. The number of fused-ring (bicyclic) bond motifs is 2. The molecule has 31 heavy (non-hydrogen) atoms. The third-order valence-electron chi connectivity index (χ3n) is 5.34. The van der Waals surface area contributed by atoms with Crippen LogP contribution in [-0.2, 0) is 13.0 Å².